The lowest BCUT2D eigenvalue weighted by molar-refractivity contribution is 0.449. The maximum Gasteiger partial charge on any atom is 0.0798 e. The summed E-state index contributed by atoms with van der Waals surface area (Å²) in [4.78, 5) is 5.65. The van der Waals surface area contributed by atoms with E-state index in [0.29, 0.717) is 6.04 Å². The highest BCUT2D eigenvalue weighted by molar-refractivity contribution is 7.09. The molecule has 2 aromatic heterocycles. The second-order valence-corrected chi connectivity index (χ2v) is 5.99. The highest BCUT2D eigenvalue weighted by Gasteiger charge is 2.23. The minimum Gasteiger partial charge on any atom is -0.305 e. The van der Waals surface area contributed by atoms with E-state index >= 15 is 0 Å². The molecule has 5 heteroatoms. The Balaban J connectivity index is 1.73. The number of hydrogen-bond donors (Lipinski definition) is 1. The molecule has 1 unspecified atom stereocenters. The Labute approximate surface area is 117 Å². The van der Waals surface area contributed by atoms with Crippen LogP contribution >= 0.6 is 11.3 Å². The predicted octanol–water partition coefficient (Wildman–Crippen LogP) is 2.84. The number of aryl methyl sites for hydroxylation is 2. The maximum atomic E-state index is 4.50. The molecule has 1 aliphatic rings. The summed E-state index contributed by atoms with van der Waals surface area (Å²) in [5, 5.41) is 8.17. The van der Waals surface area contributed by atoms with Gasteiger partial charge in [0, 0.05) is 35.3 Å². The van der Waals surface area contributed by atoms with Gasteiger partial charge in [-0.2, -0.15) is 5.10 Å². The molecular weight excluding hydrogens is 256 g/mol. The van der Waals surface area contributed by atoms with E-state index in [4.69, 9.17) is 0 Å². The largest absolute Gasteiger partial charge is 0.305 e. The molecule has 1 aliphatic carbocycles. The van der Waals surface area contributed by atoms with Crippen molar-refractivity contribution in [2.75, 3.05) is 0 Å². The van der Waals surface area contributed by atoms with Crippen LogP contribution in [0, 0.1) is 6.92 Å². The number of nitrogens with zero attached hydrogens (tertiary/aromatic N) is 3. The van der Waals surface area contributed by atoms with Crippen LogP contribution in [0.4, 0.5) is 0 Å². The quantitative estimate of drug-likeness (QED) is 0.933. The maximum absolute atomic E-state index is 4.50. The lowest BCUT2D eigenvalue weighted by atomic mass is 9.93. The number of fused-ring (bicyclic) bond motifs is 1. The van der Waals surface area contributed by atoms with Gasteiger partial charge in [-0.1, -0.05) is 0 Å². The number of rotatable bonds is 4. The summed E-state index contributed by atoms with van der Waals surface area (Å²) in [6, 6.07) is 0.450. The van der Waals surface area contributed by atoms with Crippen LogP contribution in [0.5, 0.6) is 0 Å². The molecule has 1 atom stereocenters. The molecule has 4 nitrogen and oxygen atoms in total. The van der Waals surface area contributed by atoms with Crippen molar-refractivity contribution in [3.05, 3.63) is 33.5 Å². The van der Waals surface area contributed by atoms with Crippen molar-refractivity contribution in [3.8, 4) is 0 Å². The topological polar surface area (TPSA) is 42.7 Å². The third-order valence-electron chi connectivity index (χ3n) is 3.92. The Morgan fingerprint density at radius 1 is 1.53 bits per heavy atom. The van der Waals surface area contributed by atoms with E-state index in [1.54, 1.807) is 11.3 Å². The van der Waals surface area contributed by atoms with Crippen molar-refractivity contribution in [1.82, 2.24) is 20.1 Å². The van der Waals surface area contributed by atoms with Gasteiger partial charge in [-0.05, 0) is 33.1 Å². The summed E-state index contributed by atoms with van der Waals surface area (Å²) in [5.74, 6) is 0. The van der Waals surface area contributed by atoms with Gasteiger partial charge in [-0.25, -0.2) is 4.98 Å². The Morgan fingerprint density at radius 2 is 2.42 bits per heavy atom. The third-order valence-corrected chi connectivity index (χ3v) is 4.85. The summed E-state index contributed by atoms with van der Waals surface area (Å²) in [5.41, 5.74) is 5.90. The van der Waals surface area contributed by atoms with Crippen molar-refractivity contribution in [1.29, 1.82) is 0 Å². The lowest BCUT2D eigenvalue weighted by Crippen LogP contribution is -2.25. The first-order valence-electron chi connectivity index (χ1n) is 6.96. The standard InChI is InChI=1S/C14H20N4S/c1-3-18-13-6-4-5-12(11(13)7-17-18)15-8-14-10(2)16-9-19-14/h7,9,12,15H,3-6,8H2,1-2H3. The number of aromatic nitrogens is 3. The van der Waals surface area contributed by atoms with Crippen LogP contribution in [0.15, 0.2) is 11.7 Å². The van der Waals surface area contributed by atoms with Gasteiger partial charge < -0.3 is 5.32 Å². The van der Waals surface area contributed by atoms with Crippen LogP contribution < -0.4 is 5.32 Å². The Kier molecular flexibility index (Phi) is 3.66. The molecule has 0 bridgehead atoms. The highest BCUT2D eigenvalue weighted by Crippen LogP contribution is 2.30. The fraction of sp³-hybridized carbons (Fsp3) is 0.571. The van der Waals surface area contributed by atoms with E-state index in [1.807, 2.05) is 5.51 Å². The molecule has 0 saturated heterocycles. The fourth-order valence-electron chi connectivity index (χ4n) is 2.82. The van der Waals surface area contributed by atoms with E-state index in [2.05, 4.69) is 40.1 Å². The average Bonchev–Trinajstić information content (AvgIpc) is 3.02. The molecule has 1 N–H and O–H groups in total. The molecule has 19 heavy (non-hydrogen) atoms. The van der Waals surface area contributed by atoms with Crippen LogP contribution in [0.1, 0.15) is 47.6 Å². The van der Waals surface area contributed by atoms with Crippen molar-refractivity contribution in [2.45, 2.75) is 52.2 Å². The second kappa shape index (κ2) is 5.43. The molecule has 0 saturated carbocycles. The van der Waals surface area contributed by atoms with Crippen molar-refractivity contribution in [2.24, 2.45) is 0 Å². The zero-order chi connectivity index (χ0) is 13.2. The van der Waals surface area contributed by atoms with Crippen LogP contribution in [0.3, 0.4) is 0 Å². The second-order valence-electron chi connectivity index (χ2n) is 5.05. The molecule has 0 spiro atoms. The zero-order valence-electron chi connectivity index (χ0n) is 11.5. The summed E-state index contributed by atoms with van der Waals surface area (Å²) < 4.78 is 2.14. The van der Waals surface area contributed by atoms with Gasteiger partial charge >= 0.3 is 0 Å². The van der Waals surface area contributed by atoms with E-state index < -0.39 is 0 Å². The van der Waals surface area contributed by atoms with Crippen LogP contribution in [0.2, 0.25) is 0 Å². The first-order chi connectivity index (χ1) is 9.29. The summed E-state index contributed by atoms with van der Waals surface area (Å²) >= 11 is 1.73. The Morgan fingerprint density at radius 3 is 3.16 bits per heavy atom. The molecule has 0 radical (unpaired) electrons. The normalized spacial score (nSPS) is 18.5. The van der Waals surface area contributed by atoms with Gasteiger partial charge in [-0.15, -0.1) is 11.3 Å². The molecule has 0 fully saturated rings. The van der Waals surface area contributed by atoms with Crippen LogP contribution in [-0.2, 0) is 19.5 Å². The number of thiazole rings is 1. The summed E-state index contributed by atoms with van der Waals surface area (Å²) in [6.45, 7) is 6.12. The molecule has 102 valence electrons. The number of nitrogens with one attached hydrogen (secondary N) is 1. The highest BCUT2D eigenvalue weighted by atomic mass is 32.1. The van der Waals surface area contributed by atoms with E-state index in [9.17, 15) is 0 Å². The molecule has 2 heterocycles. The number of hydrogen-bond acceptors (Lipinski definition) is 4. The minimum absolute atomic E-state index is 0.450. The molecule has 0 aromatic carbocycles. The van der Waals surface area contributed by atoms with Gasteiger partial charge in [-0.3, -0.25) is 4.68 Å². The van der Waals surface area contributed by atoms with Gasteiger partial charge in [0.2, 0.25) is 0 Å². The fourth-order valence-corrected chi connectivity index (χ4v) is 3.54. The average molecular weight is 276 g/mol. The zero-order valence-corrected chi connectivity index (χ0v) is 12.3. The third kappa shape index (κ3) is 2.44. The van der Waals surface area contributed by atoms with Gasteiger partial charge in [0.1, 0.15) is 0 Å². The Bertz CT molecular complexity index is 558. The van der Waals surface area contributed by atoms with Crippen molar-refractivity contribution >= 4 is 11.3 Å². The molecular formula is C14H20N4S. The van der Waals surface area contributed by atoms with Crippen LogP contribution in [0.25, 0.3) is 0 Å². The molecule has 0 amide bonds. The van der Waals surface area contributed by atoms with Gasteiger partial charge in [0.25, 0.3) is 0 Å². The van der Waals surface area contributed by atoms with Gasteiger partial charge in [0.15, 0.2) is 0 Å². The van der Waals surface area contributed by atoms with E-state index in [0.717, 1.165) is 18.8 Å². The van der Waals surface area contributed by atoms with Crippen molar-refractivity contribution < 1.29 is 0 Å². The lowest BCUT2D eigenvalue weighted by Gasteiger charge is -2.24. The first-order valence-corrected chi connectivity index (χ1v) is 7.84. The van der Waals surface area contributed by atoms with Crippen LogP contribution in [-0.4, -0.2) is 14.8 Å². The van der Waals surface area contributed by atoms with Gasteiger partial charge in [0.05, 0.1) is 17.4 Å². The van der Waals surface area contributed by atoms with E-state index in [1.165, 1.54) is 35.4 Å². The molecule has 2 aromatic rings. The summed E-state index contributed by atoms with van der Waals surface area (Å²) in [6.07, 6.45) is 5.68. The first kappa shape index (κ1) is 12.8. The predicted molar refractivity (Wildman–Crippen MR) is 77.3 cm³/mol. The monoisotopic (exact) mass is 276 g/mol. The summed E-state index contributed by atoms with van der Waals surface area (Å²) in [7, 11) is 0. The molecule has 3 rings (SSSR count). The van der Waals surface area contributed by atoms with E-state index in [-0.39, 0.29) is 0 Å². The smallest absolute Gasteiger partial charge is 0.0798 e. The minimum atomic E-state index is 0.450. The Hall–Kier alpha value is -1.20. The SMILES string of the molecule is CCn1ncc2c1CCCC2NCc1scnc1C. The molecule has 0 aliphatic heterocycles. The van der Waals surface area contributed by atoms with Crippen molar-refractivity contribution in [3.63, 3.8) is 0 Å².